The molecule has 0 bridgehead atoms. The summed E-state index contributed by atoms with van der Waals surface area (Å²) in [6, 6.07) is 5.33. The molecule has 1 aromatic carbocycles. The monoisotopic (exact) mass is 328 g/mol. The van der Waals surface area contributed by atoms with Crippen molar-refractivity contribution in [2.75, 3.05) is 25.1 Å². The molecule has 3 heterocycles. The van der Waals surface area contributed by atoms with Crippen LogP contribution in [0.15, 0.2) is 24.5 Å². The van der Waals surface area contributed by atoms with Gasteiger partial charge in [0.15, 0.2) is 0 Å². The molecule has 24 heavy (non-hydrogen) atoms. The third-order valence-electron chi connectivity index (χ3n) is 4.55. The molecule has 2 aromatic rings. The highest BCUT2D eigenvalue weighted by Gasteiger charge is 2.27. The highest BCUT2D eigenvalue weighted by Crippen LogP contribution is 2.32. The number of likely N-dealkylation sites (N-methyl/N-ethyl adjacent to an activating group) is 1. The van der Waals surface area contributed by atoms with E-state index in [9.17, 15) is 4.79 Å². The Kier molecular flexibility index (Phi) is 3.70. The second-order valence-electron chi connectivity index (χ2n) is 6.23. The zero-order valence-electron chi connectivity index (χ0n) is 13.6. The Bertz CT molecular complexity index is 774. The molecule has 1 aromatic heterocycles. The van der Waals surface area contributed by atoms with Crippen LogP contribution >= 0.6 is 0 Å². The minimum atomic E-state index is -0.626. The highest BCUT2D eigenvalue weighted by atomic mass is 16.5. The van der Waals surface area contributed by atoms with Crippen molar-refractivity contribution in [1.29, 1.82) is 0 Å². The van der Waals surface area contributed by atoms with Crippen molar-refractivity contribution in [2.45, 2.75) is 25.7 Å². The van der Waals surface area contributed by atoms with Crippen LogP contribution in [0.25, 0.3) is 0 Å². The lowest BCUT2D eigenvalue weighted by Crippen LogP contribution is -2.43. The van der Waals surface area contributed by atoms with Crippen molar-refractivity contribution in [2.24, 2.45) is 5.73 Å². The molecule has 1 amide bonds. The molecule has 2 N–H and O–H groups in total. The van der Waals surface area contributed by atoms with Gasteiger partial charge in [-0.3, -0.25) is 9.69 Å². The quantitative estimate of drug-likeness (QED) is 0.833. The number of fused-ring (bicyclic) bond motifs is 2. The molecule has 0 radical (unpaired) electrons. The first-order valence-corrected chi connectivity index (χ1v) is 8.00. The molecule has 0 saturated carbocycles. The van der Waals surface area contributed by atoms with Gasteiger partial charge in [0.05, 0.1) is 18.8 Å². The van der Waals surface area contributed by atoms with Crippen LogP contribution in [0.1, 0.15) is 11.4 Å². The van der Waals surface area contributed by atoms with Gasteiger partial charge in [-0.15, -0.1) is 0 Å². The number of anilines is 1. The van der Waals surface area contributed by atoms with E-state index < -0.39 is 6.04 Å². The van der Waals surface area contributed by atoms with Gasteiger partial charge in [0, 0.05) is 20.1 Å². The van der Waals surface area contributed by atoms with E-state index in [2.05, 4.69) is 15.0 Å². The van der Waals surface area contributed by atoms with Gasteiger partial charge in [0.25, 0.3) is 0 Å². The van der Waals surface area contributed by atoms with Crippen molar-refractivity contribution in [1.82, 2.24) is 19.7 Å². The second-order valence-corrected chi connectivity index (χ2v) is 6.23. The second kappa shape index (κ2) is 5.88. The van der Waals surface area contributed by atoms with Crippen molar-refractivity contribution >= 4 is 11.6 Å². The fraction of sp³-hybridized carbons (Fsp3) is 0.438. The summed E-state index contributed by atoms with van der Waals surface area (Å²) >= 11 is 0. The Hall–Kier alpha value is -2.45. The van der Waals surface area contributed by atoms with Crippen LogP contribution in [0.3, 0.4) is 0 Å². The fourth-order valence-electron chi connectivity index (χ4n) is 3.17. The number of carbonyl (C=O) groups excluding carboxylic acids is 1. The van der Waals surface area contributed by atoms with Gasteiger partial charge in [0.1, 0.15) is 30.5 Å². The topological polar surface area (TPSA) is 89.5 Å². The number of rotatable bonds is 2. The number of aromatic nitrogens is 3. The Balaban J connectivity index is 1.55. The van der Waals surface area contributed by atoms with Crippen molar-refractivity contribution in [3.8, 4) is 5.75 Å². The summed E-state index contributed by atoms with van der Waals surface area (Å²) in [5.74, 6) is 1.55. The number of nitrogens with zero attached hydrogens (tertiary/aromatic N) is 5. The molecule has 0 unspecified atom stereocenters. The van der Waals surface area contributed by atoms with Gasteiger partial charge in [-0.1, -0.05) is 6.07 Å². The van der Waals surface area contributed by atoms with Gasteiger partial charge in [-0.25, -0.2) is 9.67 Å². The van der Waals surface area contributed by atoms with E-state index in [1.54, 1.807) is 18.3 Å². The predicted octanol–water partition coefficient (Wildman–Crippen LogP) is -0.0236. The third-order valence-corrected chi connectivity index (χ3v) is 4.55. The molecule has 4 rings (SSSR count). The number of hydrogen-bond donors (Lipinski definition) is 1. The number of benzene rings is 1. The average Bonchev–Trinajstić information content (AvgIpc) is 3.03. The first kappa shape index (κ1) is 15.1. The first-order chi connectivity index (χ1) is 11.6. The zero-order chi connectivity index (χ0) is 16.7. The standard InChI is InChI=1S/C16H20N6O2/c1-20-13-6-11(2-3-14(13)24-9-12(17)16(20)23)7-21-4-5-22-15(8-21)18-10-19-22/h2-3,6,10,12H,4-5,7-9,17H2,1H3/t12-/m0/s1. The van der Waals surface area contributed by atoms with E-state index in [-0.39, 0.29) is 12.5 Å². The summed E-state index contributed by atoms with van der Waals surface area (Å²) in [7, 11) is 1.74. The number of nitrogens with two attached hydrogens (primary N) is 1. The molecule has 0 aliphatic carbocycles. The molecule has 8 heteroatoms. The number of amides is 1. The molecule has 2 aliphatic heterocycles. The molecule has 0 saturated heterocycles. The van der Waals surface area contributed by atoms with E-state index in [1.807, 2.05) is 22.9 Å². The Morgan fingerprint density at radius 2 is 2.25 bits per heavy atom. The maximum absolute atomic E-state index is 12.2. The van der Waals surface area contributed by atoms with Crippen LogP contribution in [-0.4, -0.2) is 51.8 Å². The average molecular weight is 328 g/mol. The Morgan fingerprint density at radius 3 is 3.12 bits per heavy atom. The van der Waals surface area contributed by atoms with E-state index in [1.165, 1.54) is 0 Å². The van der Waals surface area contributed by atoms with Crippen LogP contribution < -0.4 is 15.4 Å². The fourth-order valence-corrected chi connectivity index (χ4v) is 3.17. The lowest BCUT2D eigenvalue weighted by atomic mass is 10.1. The normalized spacial score (nSPS) is 21.0. The maximum atomic E-state index is 12.2. The maximum Gasteiger partial charge on any atom is 0.247 e. The minimum absolute atomic E-state index is 0.128. The molecule has 0 spiro atoms. The molecular formula is C16H20N6O2. The summed E-state index contributed by atoms with van der Waals surface area (Å²) < 4.78 is 7.60. The van der Waals surface area contributed by atoms with Crippen molar-refractivity contribution < 1.29 is 9.53 Å². The molecule has 126 valence electrons. The summed E-state index contributed by atoms with van der Waals surface area (Å²) in [5, 5.41) is 4.20. The molecule has 1 atom stereocenters. The molecule has 2 aliphatic rings. The lowest BCUT2D eigenvalue weighted by molar-refractivity contribution is -0.119. The predicted molar refractivity (Wildman–Crippen MR) is 87.5 cm³/mol. The van der Waals surface area contributed by atoms with Gasteiger partial charge in [-0.05, 0) is 17.7 Å². The number of carbonyl (C=O) groups is 1. The van der Waals surface area contributed by atoms with E-state index in [0.717, 1.165) is 43.3 Å². The smallest absolute Gasteiger partial charge is 0.247 e. The SMILES string of the molecule is CN1C(=O)[C@@H](N)COc2ccc(CN3CCn4ncnc4C3)cc21. The Morgan fingerprint density at radius 1 is 1.38 bits per heavy atom. The number of hydrogen-bond acceptors (Lipinski definition) is 6. The summed E-state index contributed by atoms with van der Waals surface area (Å²) in [6.07, 6.45) is 1.60. The molecule has 0 fully saturated rings. The van der Waals surface area contributed by atoms with E-state index >= 15 is 0 Å². The summed E-state index contributed by atoms with van der Waals surface area (Å²) in [4.78, 5) is 20.4. The van der Waals surface area contributed by atoms with Gasteiger partial charge in [0.2, 0.25) is 5.91 Å². The highest BCUT2D eigenvalue weighted by molar-refractivity contribution is 5.98. The molecule has 8 nitrogen and oxygen atoms in total. The van der Waals surface area contributed by atoms with Crippen LogP contribution in [0.5, 0.6) is 5.75 Å². The van der Waals surface area contributed by atoms with Gasteiger partial charge in [-0.2, -0.15) is 5.10 Å². The number of ether oxygens (including phenoxy) is 1. The Labute approximate surface area is 139 Å². The van der Waals surface area contributed by atoms with E-state index in [4.69, 9.17) is 10.5 Å². The minimum Gasteiger partial charge on any atom is -0.489 e. The van der Waals surface area contributed by atoms with Crippen LogP contribution in [0, 0.1) is 0 Å². The van der Waals surface area contributed by atoms with Crippen LogP contribution in [0.2, 0.25) is 0 Å². The zero-order valence-corrected chi connectivity index (χ0v) is 13.6. The third kappa shape index (κ3) is 2.63. The van der Waals surface area contributed by atoms with Crippen LogP contribution in [-0.2, 0) is 24.4 Å². The van der Waals surface area contributed by atoms with Crippen molar-refractivity contribution in [3.63, 3.8) is 0 Å². The van der Waals surface area contributed by atoms with Gasteiger partial charge >= 0.3 is 0 Å². The first-order valence-electron chi connectivity index (χ1n) is 8.00. The summed E-state index contributed by atoms with van der Waals surface area (Å²) in [5.41, 5.74) is 7.73. The van der Waals surface area contributed by atoms with E-state index in [0.29, 0.717) is 5.75 Å². The van der Waals surface area contributed by atoms with Crippen molar-refractivity contribution in [3.05, 3.63) is 35.9 Å². The van der Waals surface area contributed by atoms with Crippen LogP contribution in [0.4, 0.5) is 5.69 Å². The lowest BCUT2D eigenvalue weighted by Gasteiger charge is -2.27. The largest absolute Gasteiger partial charge is 0.489 e. The summed E-state index contributed by atoms with van der Waals surface area (Å²) in [6.45, 7) is 3.53. The molecular weight excluding hydrogens is 308 g/mol. The van der Waals surface area contributed by atoms with Gasteiger partial charge < -0.3 is 15.4 Å².